The number of carboxylic acid groups (broad SMARTS) is 1. The number of para-hydroxylation sites is 1. The van der Waals surface area contributed by atoms with Crippen LogP contribution in [0.4, 0.5) is 10.1 Å². The highest BCUT2D eigenvalue weighted by Gasteiger charge is 2.41. The third kappa shape index (κ3) is 1.51. The highest BCUT2D eigenvalue weighted by molar-refractivity contribution is 5.80. The first kappa shape index (κ1) is 10.6. The van der Waals surface area contributed by atoms with Crippen LogP contribution in [0.2, 0.25) is 0 Å². The molecular formula is C13H14FNO2. The van der Waals surface area contributed by atoms with Crippen molar-refractivity contribution in [3.05, 3.63) is 29.6 Å². The third-order valence-corrected chi connectivity index (χ3v) is 3.81. The smallest absolute Gasteiger partial charge is 0.326 e. The Labute approximate surface area is 98.9 Å². The average molecular weight is 235 g/mol. The van der Waals surface area contributed by atoms with Gasteiger partial charge >= 0.3 is 5.97 Å². The van der Waals surface area contributed by atoms with Gasteiger partial charge in [0.15, 0.2) is 0 Å². The van der Waals surface area contributed by atoms with Gasteiger partial charge < -0.3 is 10.0 Å². The quantitative estimate of drug-likeness (QED) is 0.811. The minimum absolute atomic E-state index is 0.164. The summed E-state index contributed by atoms with van der Waals surface area (Å²) in [6.07, 6.45) is 3.25. The van der Waals surface area contributed by atoms with Crippen LogP contribution in [0.15, 0.2) is 18.2 Å². The van der Waals surface area contributed by atoms with E-state index >= 15 is 0 Å². The fraction of sp³-hybridized carbons (Fsp3) is 0.462. The van der Waals surface area contributed by atoms with Crippen molar-refractivity contribution < 1.29 is 14.3 Å². The van der Waals surface area contributed by atoms with Gasteiger partial charge in [-0.2, -0.15) is 0 Å². The molecule has 0 saturated carbocycles. The Morgan fingerprint density at radius 2 is 2.24 bits per heavy atom. The molecule has 4 heteroatoms. The van der Waals surface area contributed by atoms with Crippen molar-refractivity contribution in [2.75, 3.05) is 4.90 Å². The number of anilines is 1. The van der Waals surface area contributed by atoms with Crippen LogP contribution in [-0.4, -0.2) is 23.2 Å². The summed E-state index contributed by atoms with van der Waals surface area (Å²) in [5.41, 5.74) is 1.47. The zero-order chi connectivity index (χ0) is 12.0. The molecule has 2 atom stereocenters. The Hall–Kier alpha value is -1.58. The summed E-state index contributed by atoms with van der Waals surface area (Å²) >= 11 is 0. The molecule has 3 nitrogen and oxygen atoms in total. The van der Waals surface area contributed by atoms with Gasteiger partial charge in [0.25, 0.3) is 0 Å². The largest absolute Gasteiger partial charge is 0.480 e. The van der Waals surface area contributed by atoms with Crippen LogP contribution in [0.25, 0.3) is 0 Å². The van der Waals surface area contributed by atoms with E-state index in [0.717, 1.165) is 24.8 Å². The maximum atomic E-state index is 13.9. The first-order chi connectivity index (χ1) is 8.18. The van der Waals surface area contributed by atoms with E-state index in [2.05, 4.69) is 0 Å². The molecule has 2 aliphatic rings. The first-order valence-electron chi connectivity index (χ1n) is 5.97. The lowest BCUT2D eigenvalue weighted by Crippen LogP contribution is -2.49. The second-order valence-corrected chi connectivity index (χ2v) is 4.80. The number of nitrogens with zero attached hydrogens (tertiary/aromatic N) is 1. The van der Waals surface area contributed by atoms with Crippen LogP contribution < -0.4 is 4.90 Å². The summed E-state index contributed by atoms with van der Waals surface area (Å²) in [5.74, 6) is -1.14. The zero-order valence-corrected chi connectivity index (χ0v) is 9.40. The number of hydrogen-bond donors (Lipinski definition) is 1. The van der Waals surface area contributed by atoms with Crippen molar-refractivity contribution in [2.24, 2.45) is 0 Å². The van der Waals surface area contributed by atoms with E-state index in [1.807, 2.05) is 6.07 Å². The predicted octanol–water partition coefficient (Wildman–Crippen LogP) is 2.19. The molecule has 1 aromatic carbocycles. The van der Waals surface area contributed by atoms with Crippen LogP contribution in [0, 0.1) is 5.82 Å². The maximum absolute atomic E-state index is 13.9. The molecule has 1 fully saturated rings. The van der Waals surface area contributed by atoms with Gasteiger partial charge in [-0.1, -0.05) is 12.1 Å². The molecule has 2 heterocycles. The summed E-state index contributed by atoms with van der Waals surface area (Å²) in [6.45, 7) is 0. The van der Waals surface area contributed by atoms with Gasteiger partial charge in [-0.3, -0.25) is 0 Å². The van der Waals surface area contributed by atoms with E-state index in [9.17, 15) is 14.3 Å². The number of piperidine rings is 1. The highest BCUT2D eigenvalue weighted by Crippen LogP contribution is 2.41. The molecule has 0 bridgehead atoms. The van der Waals surface area contributed by atoms with E-state index in [-0.39, 0.29) is 11.9 Å². The van der Waals surface area contributed by atoms with Crippen molar-refractivity contribution in [1.82, 2.24) is 0 Å². The summed E-state index contributed by atoms with van der Waals surface area (Å²) in [4.78, 5) is 13.0. The molecule has 1 N–H and O–H groups in total. The first-order valence-corrected chi connectivity index (χ1v) is 5.97. The molecule has 0 aliphatic carbocycles. The van der Waals surface area contributed by atoms with Crippen molar-refractivity contribution in [3.8, 4) is 0 Å². The molecule has 0 amide bonds. The Bertz CT molecular complexity index is 474. The number of carboxylic acids is 1. The van der Waals surface area contributed by atoms with Crippen molar-refractivity contribution in [1.29, 1.82) is 0 Å². The summed E-state index contributed by atoms with van der Waals surface area (Å²) in [7, 11) is 0. The number of fused-ring (bicyclic) bond motifs is 3. The molecule has 90 valence electrons. The Kier molecular flexibility index (Phi) is 2.31. The summed E-state index contributed by atoms with van der Waals surface area (Å²) in [5, 5.41) is 9.24. The van der Waals surface area contributed by atoms with Gasteiger partial charge in [0.1, 0.15) is 11.9 Å². The van der Waals surface area contributed by atoms with Crippen molar-refractivity contribution in [3.63, 3.8) is 0 Å². The standard InChI is InChI=1S/C13H14FNO2/c14-10-5-1-3-8-7-9-4-2-6-11(13(16)17)15(9)12(8)10/h1,3,5,9,11H,2,4,6-7H2,(H,16,17). The summed E-state index contributed by atoms with van der Waals surface area (Å²) in [6, 6.07) is 4.61. The number of hydrogen-bond acceptors (Lipinski definition) is 2. The van der Waals surface area contributed by atoms with Crippen LogP contribution in [-0.2, 0) is 11.2 Å². The fourth-order valence-corrected chi connectivity index (χ4v) is 3.13. The molecular weight excluding hydrogens is 221 g/mol. The maximum Gasteiger partial charge on any atom is 0.326 e. The molecule has 1 aromatic rings. The highest BCUT2D eigenvalue weighted by atomic mass is 19.1. The van der Waals surface area contributed by atoms with Crippen molar-refractivity contribution in [2.45, 2.75) is 37.8 Å². The van der Waals surface area contributed by atoms with Gasteiger partial charge in [0, 0.05) is 6.04 Å². The molecule has 17 heavy (non-hydrogen) atoms. The number of carbonyl (C=O) groups is 1. The minimum atomic E-state index is -0.842. The number of rotatable bonds is 1. The average Bonchev–Trinajstić information content (AvgIpc) is 2.67. The Morgan fingerprint density at radius 1 is 1.41 bits per heavy atom. The number of aliphatic carboxylic acids is 1. The number of benzene rings is 1. The summed E-state index contributed by atoms with van der Waals surface area (Å²) < 4.78 is 13.9. The number of halogens is 1. The van der Waals surface area contributed by atoms with E-state index in [4.69, 9.17) is 0 Å². The van der Waals surface area contributed by atoms with E-state index in [1.165, 1.54) is 6.07 Å². The Balaban J connectivity index is 2.07. The second kappa shape index (κ2) is 3.72. The lowest BCUT2D eigenvalue weighted by atomic mass is 9.96. The monoisotopic (exact) mass is 235 g/mol. The van der Waals surface area contributed by atoms with Gasteiger partial charge in [0.2, 0.25) is 0 Å². The Morgan fingerprint density at radius 3 is 3.00 bits per heavy atom. The molecule has 2 aliphatic heterocycles. The van der Waals surface area contributed by atoms with Crippen LogP contribution in [0.1, 0.15) is 24.8 Å². The predicted molar refractivity (Wildman–Crippen MR) is 61.6 cm³/mol. The van der Waals surface area contributed by atoms with Crippen LogP contribution in [0.3, 0.4) is 0 Å². The lowest BCUT2D eigenvalue weighted by molar-refractivity contribution is -0.139. The van der Waals surface area contributed by atoms with Crippen LogP contribution in [0.5, 0.6) is 0 Å². The molecule has 3 rings (SSSR count). The zero-order valence-electron chi connectivity index (χ0n) is 9.40. The fourth-order valence-electron chi connectivity index (χ4n) is 3.13. The van der Waals surface area contributed by atoms with E-state index < -0.39 is 12.0 Å². The van der Waals surface area contributed by atoms with Crippen molar-refractivity contribution >= 4 is 11.7 Å². The van der Waals surface area contributed by atoms with Gasteiger partial charge in [-0.15, -0.1) is 0 Å². The molecule has 2 unspecified atom stereocenters. The third-order valence-electron chi connectivity index (χ3n) is 3.81. The normalized spacial score (nSPS) is 26.5. The molecule has 0 aromatic heterocycles. The topological polar surface area (TPSA) is 40.5 Å². The van der Waals surface area contributed by atoms with Crippen LogP contribution >= 0.6 is 0 Å². The second-order valence-electron chi connectivity index (χ2n) is 4.80. The van der Waals surface area contributed by atoms with Gasteiger partial charge in [-0.25, -0.2) is 9.18 Å². The van der Waals surface area contributed by atoms with Gasteiger partial charge in [0.05, 0.1) is 5.69 Å². The molecule has 0 spiro atoms. The van der Waals surface area contributed by atoms with E-state index in [0.29, 0.717) is 12.1 Å². The molecule has 0 radical (unpaired) electrons. The van der Waals surface area contributed by atoms with Gasteiger partial charge in [-0.05, 0) is 37.3 Å². The molecule has 1 saturated heterocycles. The minimum Gasteiger partial charge on any atom is -0.480 e. The van der Waals surface area contributed by atoms with E-state index in [1.54, 1.807) is 11.0 Å². The SMILES string of the molecule is O=C(O)C1CCCC2Cc3cccc(F)c3N21. The lowest BCUT2D eigenvalue weighted by Gasteiger charge is -2.37.